The van der Waals surface area contributed by atoms with E-state index in [1.807, 2.05) is 0 Å². The van der Waals surface area contributed by atoms with Crippen LogP contribution in [0.3, 0.4) is 0 Å². The fraction of sp³-hybridized carbons (Fsp3) is 0.833. The molecule has 118 valence electrons. The van der Waals surface area contributed by atoms with Gasteiger partial charge in [-0.25, -0.2) is 9.18 Å². The summed E-state index contributed by atoms with van der Waals surface area (Å²) in [5, 5.41) is 2.88. The number of carbonyl (C=O) groups excluding carboxylic acids is 2. The Labute approximate surface area is 117 Å². The Morgan fingerprint density at radius 2 is 2.00 bits per heavy atom. The number of fused-ring (bicyclic) bond motifs is 1. The lowest BCUT2D eigenvalue weighted by atomic mass is 9.95. The minimum absolute atomic E-state index is 0.0625. The first-order chi connectivity index (χ1) is 9.73. The number of carbonyl (C=O) groups is 2. The Hall–Kier alpha value is -1.38. The van der Waals surface area contributed by atoms with Crippen LogP contribution in [-0.4, -0.2) is 60.9 Å². The van der Waals surface area contributed by atoms with E-state index in [2.05, 4.69) is 10.1 Å². The van der Waals surface area contributed by atoms with Gasteiger partial charge < -0.3 is 15.0 Å². The van der Waals surface area contributed by atoms with E-state index >= 15 is 0 Å². The largest absolute Gasteiger partial charge is 0.490 e. The van der Waals surface area contributed by atoms with Gasteiger partial charge >= 0.3 is 12.1 Å². The first kappa shape index (κ1) is 14.6. The maximum atomic E-state index is 12.9. The number of alkyl halides is 4. The summed E-state index contributed by atoms with van der Waals surface area (Å²) in [6.07, 6.45) is -6.07. The molecule has 2 heterocycles. The van der Waals surface area contributed by atoms with Gasteiger partial charge in [-0.2, -0.15) is 13.2 Å². The van der Waals surface area contributed by atoms with Crippen molar-refractivity contribution in [3.63, 3.8) is 0 Å². The van der Waals surface area contributed by atoms with Gasteiger partial charge in [0, 0.05) is 25.6 Å². The molecule has 1 N–H and O–H groups in total. The van der Waals surface area contributed by atoms with Gasteiger partial charge in [0.05, 0.1) is 12.5 Å². The molecule has 0 aromatic heterocycles. The molecule has 9 heteroatoms. The van der Waals surface area contributed by atoms with Crippen LogP contribution in [-0.2, 0) is 14.3 Å². The molecule has 4 unspecified atom stereocenters. The third kappa shape index (κ3) is 2.47. The van der Waals surface area contributed by atoms with E-state index in [1.165, 1.54) is 4.90 Å². The Balaban J connectivity index is 1.71. The van der Waals surface area contributed by atoms with Crippen molar-refractivity contribution in [1.82, 2.24) is 10.2 Å². The standard InChI is InChI=1S/C12H14F4N2O3/c13-8-1-7(8)9(19)18-3-6-2-17-4-11(6,5-18)21-10(20)12(14,15)16/h6-8,17H,1-5H2. The van der Waals surface area contributed by atoms with Crippen molar-refractivity contribution in [3.05, 3.63) is 0 Å². The molecule has 2 saturated heterocycles. The molecule has 0 bridgehead atoms. The van der Waals surface area contributed by atoms with Crippen LogP contribution in [0.4, 0.5) is 17.6 Å². The molecule has 21 heavy (non-hydrogen) atoms. The van der Waals surface area contributed by atoms with Crippen LogP contribution in [0.15, 0.2) is 0 Å². The molecule has 1 aliphatic carbocycles. The van der Waals surface area contributed by atoms with Gasteiger partial charge in [0.1, 0.15) is 11.8 Å². The van der Waals surface area contributed by atoms with Crippen molar-refractivity contribution in [2.75, 3.05) is 26.2 Å². The summed E-state index contributed by atoms with van der Waals surface area (Å²) in [5.41, 5.74) is -1.36. The summed E-state index contributed by atoms with van der Waals surface area (Å²) in [6.45, 7) is 0.486. The van der Waals surface area contributed by atoms with Crippen molar-refractivity contribution in [3.8, 4) is 0 Å². The molecule has 0 aromatic rings. The summed E-state index contributed by atoms with van der Waals surface area (Å²) < 4.78 is 54.7. The fourth-order valence-electron chi connectivity index (χ4n) is 3.07. The Morgan fingerprint density at radius 3 is 2.57 bits per heavy atom. The molecule has 4 atom stereocenters. The molecule has 0 spiro atoms. The lowest BCUT2D eigenvalue weighted by Gasteiger charge is -2.28. The van der Waals surface area contributed by atoms with Crippen LogP contribution in [0.25, 0.3) is 0 Å². The van der Waals surface area contributed by atoms with Crippen LogP contribution in [0, 0.1) is 11.8 Å². The average molecular weight is 310 g/mol. The number of esters is 1. The molecule has 5 nitrogen and oxygen atoms in total. The third-order valence-corrected chi connectivity index (χ3v) is 4.33. The number of nitrogens with one attached hydrogen (secondary N) is 1. The lowest BCUT2D eigenvalue weighted by Crippen LogP contribution is -2.47. The van der Waals surface area contributed by atoms with E-state index < -0.39 is 41.7 Å². The molecule has 2 aliphatic heterocycles. The van der Waals surface area contributed by atoms with Crippen molar-refractivity contribution in [2.24, 2.45) is 11.8 Å². The summed E-state index contributed by atoms with van der Waals surface area (Å²) in [5.74, 6) is -3.74. The van der Waals surface area contributed by atoms with Gasteiger partial charge in [0.25, 0.3) is 0 Å². The summed E-state index contributed by atoms with van der Waals surface area (Å²) in [6, 6.07) is 0. The van der Waals surface area contributed by atoms with Gasteiger partial charge in [0.2, 0.25) is 5.91 Å². The summed E-state index contributed by atoms with van der Waals surface area (Å²) in [7, 11) is 0. The number of ether oxygens (including phenoxy) is 1. The van der Waals surface area contributed by atoms with Gasteiger partial charge in [0.15, 0.2) is 0 Å². The Bertz CT molecular complexity index is 484. The van der Waals surface area contributed by atoms with Crippen molar-refractivity contribution >= 4 is 11.9 Å². The van der Waals surface area contributed by atoms with Gasteiger partial charge in [-0.3, -0.25) is 4.79 Å². The number of hydrogen-bond acceptors (Lipinski definition) is 4. The minimum Gasteiger partial charge on any atom is -0.449 e. The van der Waals surface area contributed by atoms with Crippen LogP contribution < -0.4 is 5.32 Å². The van der Waals surface area contributed by atoms with Crippen LogP contribution >= 0.6 is 0 Å². The highest BCUT2D eigenvalue weighted by molar-refractivity contribution is 5.83. The second-order valence-electron chi connectivity index (χ2n) is 5.86. The molecular formula is C12H14F4N2O3. The van der Waals surface area contributed by atoms with Crippen molar-refractivity contribution in [2.45, 2.75) is 24.4 Å². The number of likely N-dealkylation sites (tertiary alicyclic amines) is 1. The Morgan fingerprint density at radius 1 is 1.33 bits per heavy atom. The van der Waals surface area contributed by atoms with Crippen LogP contribution in [0.2, 0.25) is 0 Å². The summed E-state index contributed by atoms with van der Waals surface area (Å²) >= 11 is 0. The normalized spacial score (nSPS) is 38.3. The molecule has 1 amide bonds. The van der Waals surface area contributed by atoms with Crippen molar-refractivity contribution in [1.29, 1.82) is 0 Å². The lowest BCUT2D eigenvalue weighted by molar-refractivity contribution is -0.213. The molecule has 1 saturated carbocycles. The number of rotatable bonds is 2. The highest BCUT2D eigenvalue weighted by atomic mass is 19.4. The molecule has 0 aromatic carbocycles. The topological polar surface area (TPSA) is 58.6 Å². The van der Waals surface area contributed by atoms with E-state index in [9.17, 15) is 27.2 Å². The predicted molar refractivity (Wildman–Crippen MR) is 60.8 cm³/mol. The second-order valence-corrected chi connectivity index (χ2v) is 5.86. The first-order valence-electron chi connectivity index (χ1n) is 6.67. The van der Waals surface area contributed by atoms with E-state index in [0.717, 1.165) is 0 Å². The number of nitrogens with zero attached hydrogens (tertiary/aromatic N) is 1. The SMILES string of the molecule is O=C(C1CC1F)N1CC2CNCC2(OC(=O)C(F)(F)F)C1. The van der Waals surface area contributed by atoms with E-state index in [0.29, 0.717) is 6.54 Å². The van der Waals surface area contributed by atoms with E-state index in [1.54, 1.807) is 0 Å². The molecule has 3 fully saturated rings. The molecule has 0 radical (unpaired) electrons. The van der Waals surface area contributed by atoms with Crippen LogP contribution in [0.5, 0.6) is 0 Å². The van der Waals surface area contributed by atoms with Gasteiger partial charge in [-0.1, -0.05) is 0 Å². The molecule has 3 rings (SSSR count). The monoisotopic (exact) mass is 310 g/mol. The fourth-order valence-corrected chi connectivity index (χ4v) is 3.07. The van der Waals surface area contributed by atoms with Crippen molar-refractivity contribution < 1.29 is 31.9 Å². The Kier molecular flexibility index (Phi) is 3.16. The third-order valence-electron chi connectivity index (χ3n) is 4.33. The summed E-state index contributed by atoms with van der Waals surface area (Å²) in [4.78, 5) is 24.4. The minimum atomic E-state index is -5.07. The molecule has 3 aliphatic rings. The predicted octanol–water partition coefficient (Wildman–Crippen LogP) is 0.250. The highest BCUT2D eigenvalue weighted by Gasteiger charge is 2.58. The average Bonchev–Trinajstić information content (AvgIpc) is 2.81. The zero-order chi connectivity index (χ0) is 15.4. The zero-order valence-electron chi connectivity index (χ0n) is 11.0. The highest BCUT2D eigenvalue weighted by Crippen LogP contribution is 2.41. The zero-order valence-corrected chi connectivity index (χ0v) is 11.0. The number of amides is 1. The number of hydrogen-bond donors (Lipinski definition) is 1. The van der Waals surface area contributed by atoms with Gasteiger partial charge in [-0.15, -0.1) is 0 Å². The maximum Gasteiger partial charge on any atom is 0.490 e. The smallest absolute Gasteiger partial charge is 0.449 e. The second kappa shape index (κ2) is 4.56. The first-order valence-corrected chi connectivity index (χ1v) is 6.67. The van der Waals surface area contributed by atoms with E-state index in [-0.39, 0.29) is 26.1 Å². The van der Waals surface area contributed by atoms with E-state index in [4.69, 9.17) is 0 Å². The van der Waals surface area contributed by atoms with Gasteiger partial charge in [-0.05, 0) is 6.42 Å². The van der Waals surface area contributed by atoms with Crippen LogP contribution in [0.1, 0.15) is 6.42 Å². The quantitative estimate of drug-likeness (QED) is 0.587. The maximum absolute atomic E-state index is 12.9. The molecular weight excluding hydrogens is 296 g/mol. The number of halogens is 4.